The minimum Gasteiger partial charge on any atom is -0.369 e. The molecule has 0 aliphatic rings. The third kappa shape index (κ3) is 4.42. The first-order valence-electron chi connectivity index (χ1n) is 5.28. The van der Waals surface area contributed by atoms with Gasteiger partial charge in [-0.05, 0) is 25.8 Å². The van der Waals surface area contributed by atoms with Crippen molar-refractivity contribution in [1.82, 2.24) is 5.06 Å². The first-order chi connectivity index (χ1) is 7.24. The van der Waals surface area contributed by atoms with Crippen molar-refractivity contribution in [3.05, 3.63) is 35.9 Å². The summed E-state index contributed by atoms with van der Waals surface area (Å²) >= 11 is 0. The van der Waals surface area contributed by atoms with Crippen molar-refractivity contribution >= 4 is 0 Å². The fourth-order valence-electron chi connectivity index (χ4n) is 1.43. The number of hydroxylamine groups is 2. The van der Waals surface area contributed by atoms with Crippen LogP contribution < -0.4 is 0 Å². The second-order valence-electron chi connectivity index (χ2n) is 3.73. The van der Waals surface area contributed by atoms with Gasteiger partial charge in [0.2, 0.25) is 0 Å². The smallest absolute Gasteiger partial charge is 0.164 e. The summed E-state index contributed by atoms with van der Waals surface area (Å²) in [5.74, 6) is 0. The van der Waals surface area contributed by atoms with Crippen LogP contribution in [-0.4, -0.2) is 29.5 Å². The molecule has 0 saturated heterocycles. The van der Waals surface area contributed by atoms with Crippen molar-refractivity contribution in [3.8, 4) is 0 Å². The van der Waals surface area contributed by atoms with Crippen LogP contribution >= 0.6 is 0 Å². The van der Waals surface area contributed by atoms with Crippen molar-refractivity contribution in [3.63, 3.8) is 0 Å². The average molecular weight is 209 g/mol. The quantitative estimate of drug-likeness (QED) is 0.573. The van der Waals surface area contributed by atoms with Gasteiger partial charge in [-0.25, -0.2) is 0 Å². The van der Waals surface area contributed by atoms with Crippen LogP contribution in [0.25, 0.3) is 0 Å². The molecule has 1 rings (SSSR count). The SMILES string of the molecule is CC(C)N(CCc1ccccc1)OCO. The highest BCUT2D eigenvalue weighted by molar-refractivity contribution is 5.14. The molecule has 1 N–H and O–H groups in total. The lowest BCUT2D eigenvalue weighted by Crippen LogP contribution is -2.33. The van der Waals surface area contributed by atoms with Crippen LogP contribution in [0.4, 0.5) is 0 Å². The molecule has 0 unspecified atom stereocenters. The highest BCUT2D eigenvalue weighted by atomic mass is 16.7. The maximum atomic E-state index is 8.72. The third-order valence-corrected chi connectivity index (χ3v) is 2.26. The molecule has 0 aromatic heterocycles. The normalized spacial score (nSPS) is 11.3. The molecule has 0 radical (unpaired) electrons. The van der Waals surface area contributed by atoms with E-state index in [1.54, 1.807) is 5.06 Å². The molecule has 0 spiro atoms. The zero-order chi connectivity index (χ0) is 11.1. The molecule has 0 amide bonds. The average Bonchev–Trinajstić information content (AvgIpc) is 2.25. The molecule has 0 heterocycles. The van der Waals surface area contributed by atoms with E-state index < -0.39 is 0 Å². The Hall–Kier alpha value is -0.900. The zero-order valence-corrected chi connectivity index (χ0v) is 9.39. The summed E-state index contributed by atoms with van der Waals surface area (Å²) in [5.41, 5.74) is 1.28. The summed E-state index contributed by atoms with van der Waals surface area (Å²) in [6, 6.07) is 10.5. The Morgan fingerprint density at radius 2 is 1.93 bits per heavy atom. The second kappa shape index (κ2) is 6.56. The predicted octanol–water partition coefficient (Wildman–Crippen LogP) is 1.82. The van der Waals surface area contributed by atoms with E-state index in [0.717, 1.165) is 13.0 Å². The predicted molar refractivity (Wildman–Crippen MR) is 60.2 cm³/mol. The Morgan fingerprint density at radius 1 is 1.27 bits per heavy atom. The molecule has 0 atom stereocenters. The van der Waals surface area contributed by atoms with Crippen LogP contribution in [-0.2, 0) is 11.3 Å². The number of hydrogen-bond donors (Lipinski definition) is 1. The van der Waals surface area contributed by atoms with Gasteiger partial charge < -0.3 is 5.11 Å². The van der Waals surface area contributed by atoms with E-state index in [9.17, 15) is 0 Å². The summed E-state index contributed by atoms with van der Waals surface area (Å²) in [5, 5.41) is 10.5. The number of hydrogen-bond acceptors (Lipinski definition) is 3. The lowest BCUT2D eigenvalue weighted by atomic mass is 10.1. The van der Waals surface area contributed by atoms with Crippen LogP contribution in [0, 0.1) is 0 Å². The van der Waals surface area contributed by atoms with Crippen LogP contribution in [0.15, 0.2) is 30.3 Å². The Morgan fingerprint density at radius 3 is 2.47 bits per heavy atom. The van der Waals surface area contributed by atoms with E-state index in [-0.39, 0.29) is 12.8 Å². The van der Waals surface area contributed by atoms with Gasteiger partial charge in [-0.3, -0.25) is 4.84 Å². The standard InChI is InChI=1S/C12H19NO2/c1-11(2)13(15-10-14)9-8-12-6-4-3-5-7-12/h3-7,11,14H,8-10H2,1-2H3. The molecule has 84 valence electrons. The van der Waals surface area contributed by atoms with Crippen molar-refractivity contribution in [2.24, 2.45) is 0 Å². The Bertz CT molecular complexity index is 262. The molecule has 0 fully saturated rings. The summed E-state index contributed by atoms with van der Waals surface area (Å²) in [4.78, 5) is 5.11. The van der Waals surface area contributed by atoms with Gasteiger partial charge in [-0.15, -0.1) is 0 Å². The van der Waals surface area contributed by atoms with Crippen molar-refractivity contribution in [1.29, 1.82) is 0 Å². The molecule has 0 aliphatic heterocycles. The van der Waals surface area contributed by atoms with E-state index in [2.05, 4.69) is 12.1 Å². The van der Waals surface area contributed by atoms with Crippen molar-refractivity contribution in [2.45, 2.75) is 26.3 Å². The number of rotatable bonds is 6. The molecule has 3 nitrogen and oxygen atoms in total. The molecule has 0 aliphatic carbocycles. The van der Waals surface area contributed by atoms with Gasteiger partial charge in [-0.2, -0.15) is 5.06 Å². The van der Waals surface area contributed by atoms with Crippen molar-refractivity contribution in [2.75, 3.05) is 13.3 Å². The van der Waals surface area contributed by atoms with E-state index in [1.807, 2.05) is 32.0 Å². The molecule has 0 bridgehead atoms. The monoisotopic (exact) mass is 209 g/mol. The van der Waals surface area contributed by atoms with Gasteiger partial charge in [-0.1, -0.05) is 30.3 Å². The number of benzene rings is 1. The minimum absolute atomic E-state index is 0.257. The Labute approximate surface area is 91.2 Å². The molecule has 0 saturated carbocycles. The fraction of sp³-hybridized carbons (Fsp3) is 0.500. The maximum Gasteiger partial charge on any atom is 0.164 e. The van der Waals surface area contributed by atoms with E-state index in [4.69, 9.17) is 9.94 Å². The summed E-state index contributed by atoms with van der Waals surface area (Å²) < 4.78 is 0. The topological polar surface area (TPSA) is 32.7 Å². The van der Waals surface area contributed by atoms with E-state index >= 15 is 0 Å². The van der Waals surface area contributed by atoms with Crippen molar-refractivity contribution < 1.29 is 9.94 Å². The minimum atomic E-state index is -0.257. The number of aliphatic hydroxyl groups is 1. The van der Waals surface area contributed by atoms with E-state index in [1.165, 1.54) is 5.56 Å². The molecular weight excluding hydrogens is 190 g/mol. The zero-order valence-electron chi connectivity index (χ0n) is 9.39. The Kier molecular flexibility index (Phi) is 5.32. The van der Waals surface area contributed by atoms with Crippen LogP contribution in [0.5, 0.6) is 0 Å². The van der Waals surface area contributed by atoms with Gasteiger partial charge in [0.25, 0.3) is 0 Å². The van der Waals surface area contributed by atoms with Gasteiger partial charge in [0.05, 0.1) is 0 Å². The highest BCUT2D eigenvalue weighted by Crippen LogP contribution is 2.04. The van der Waals surface area contributed by atoms with Gasteiger partial charge in [0, 0.05) is 12.6 Å². The first-order valence-corrected chi connectivity index (χ1v) is 5.28. The first kappa shape index (κ1) is 12.2. The number of nitrogens with zero attached hydrogens (tertiary/aromatic N) is 1. The number of aliphatic hydroxyl groups excluding tert-OH is 1. The largest absolute Gasteiger partial charge is 0.369 e. The Balaban J connectivity index is 2.40. The lowest BCUT2D eigenvalue weighted by molar-refractivity contribution is -0.224. The third-order valence-electron chi connectivity index (χ3n) is 2.26. The summed E-state index contributed by atoms with van der Waals surface area (Å²) in [7, 11) is 0. The molecule has 1 aromatic rings. The van der Waals surface area contributed by atoms with Crippen LogP contribution in [0.2, 0.25) is 0 Å². The van der Waals surface area contributed by atoms with E-state index in [0.29, 0.717) is 0 Å². The van der Waals surface area contributed by atoms with Gasteiger partial charge in [0.15, 0.2) is 6.79 Å². The summed E-state index contributed by atoms with van der Waals surface area (Å²) in [6.45, 7) is 4.62. The maximum absolute atomic E-state index is 8.72. The van der Waals surface area contributed by atoms with Crippen LogP contribution in [0.3, 0.4) is 0 Å². The lowest BCUT2D eigenvalue weighted by Gasteiger charge is -2.24. The molecule has 1 aromatic carbocycles. The summed E-state index contributed by atoms with van der Waals surface area (Å²) in [6.07, 6.45) is 0.930. The van der Waals surface area contributed by atoms with Gasteiger partial charge in [0.1, 0.15) is 0 Å². The van der Waals surface area contributed by atoms with Crippen LogP contribution in [0.1, 0.15) is 19.4 Å². The molecule has 3 heteroatoms. The second-order valence-corrected chi connectivity index (χ2v) is 3.73. The van der Waals surface area contributed by atoms with Gasteiger partial charge >= 0.3 is 0 Å². The molecule has 15 heavy (non-hydrogen) atoms. The highest BCUT2D eigenvalue weighted by Gasteiger charge is 2.09. The fourth-order valence-corrected chi connectivity index (χ4v) is 1.43. The molecular formula is C12H19NO2.